The van der Waals surface area contributed by atoms with Gasteiger partial charge in [-0.3, -0.25) is 4.79 Å². The highest BCUT2D eigenvalue weighted by Crippen LogP contribution is 2.25. The average molecular weight is 416 g/mol. The summed E-state index contributed by atoms with van der Waals surface area (Å²) in [5.41, 5.74) is 1.32. The van der Waals surface area contributed by atoms with E-state index < -0.39 is 5.60 Å². The summed E-state index contributed by atoms with van der Waals surface area (Å²) in [4.78, 5) is 26.8. The minimum atomic E-state index is -0.464. The number of nitrogens with zero attached hydrogens (tertiary/aromatic N) is 2. The van der Waals surface area contributed by atoms with Crippen LogP contribution >= 0.6 is 22.6 Å². The molecule has 0 spiro atoms. The van der Waals surface area contributed by atoms with Crippen LogP contribution < -0.4 is 4.90 Å². The molecule has 0 bridgehead atoms. The maximum Gasteiger partial charge on any atom is 0.410 e. The van der Waals surface area contributed by atoms with Crippen molar-refractivity contribution < 1.29 is 14.3 Å². The van der Waals surface area contributed by atoms with E-state index in [1.165, 1.54) is 0 Å². The Hall–Kier alpha value is -1.31. The minimum Gasteiger partial charge on any atom is -0.444 e. The number of carbonyl (C=O) groups excluding carboxylic acids is 2. The average Bonchev–Trinajstić information content (AvgIpc) is 2.45. The second-order valence-corrected chi connectivity index (χ2v) is 7.45. The Labute approximate surface area is 144 Å². The zero-order valence-corrected chi connectivity index (χ0v) is 15.3. The predicted octanol–water partition coefficient (Wildman–Crippen LogP) is 3.16. The maximum atomic E-state index is 12.1. The first-order valence-electron chi connectivity index (χ1n) is 7.28. The zero-order valence-electron chi connectivity index (χ0n) is 13.1. The SMILES string of the molecule is CC(C)(C)OC(=O)N1CCN(c2ccc(C=O)cc2I)CC1. The fourth-order valence-electron chi connectivity index (χ4n) is 2.31. The van der Waals surface area contributed by atoms with E-state index in [9.17, 15) is 9.59 Å². The highest BCUT2D eigenvalue weighted by atomic mass is 127. The third-order valence-electron chi connectivity index (χ3n) is 3.38. The molecule has 1 heterocycles. The van der Waals surface area contributed by atoms with E-state index in [4.69, 9.17) is 4.74 Å². The summed E-state index contributed by atoms with van der Waals surface area (Å²) >= 11 is 2.24. The van der Waals surface area contributed by atoms with Gasteiger partial charge in [0.2, 0.25) is 0 Å². The molecule has 0 saturated carbocycles. The second-order valence-electron chi connectivity index (χ2n) is 6.28. The van der Waals surface area contributed by atoms with Crippen molar-refractivity contribution in [3.63, 3.8) is 0 Å². The molecule has 5 nitrogen and oxygen atoms in total. The number of ether oxygens (including phenoxy) is 1. The number of hydrogen-bond acceptors (Lipinski definition) is 4. The fraction of sp³-hybridized carbons (Fsp3) is 0.500. The van der Waals surface area contributed by atoms with E-state index in [1.54, 1.807) is 4.90 Å². The summed E-state index contributed by atoms with van der Waals surface area (Å²) in [5.74, 6) is 0. The van der Waals surface area contributed by atoms with Crippen LogP contribution in [0.2, 0.25) is 0 Å². The summed E-state index contributed by atoms with van der Waals surface area (Å²) in [6.07, 6.45) is 0.602. The number of rotatable bonds is 2. The molecule has 1 saturated heterocycles. The van der Waals surface area contributed by atoms with Crippen molar-refractivity contribution in [2.75, 3.05) is 31.1 Å². The highest BCUT2D eigenvalue weighted by molar-refractivity contribution is 14.1. The second kappa shape index (κ2) is 6.85. The van der Waals surface area contributed by atoms with Gasteiger partial charge in [0.15, 0.2) is 0 Å². The van der Waals surface area contributed by atoms with Crippen LogP contribution in [0.3, 0.4) is 0 Å². The first-order valence-corrected chi connectivity index (χ1v) is 8.35. The lowest BCUT2D eigenvalue weighted by atomic mass is 10.2. The summed E-state index contributed by atoms with van der Waals surface area (Å²) in [5, 5.41) is 0. The van der Waals surface area contributed by atoms with E-state index in [1.807, 2.05) is 39.0 Å². The number of hydrogen-bond donors (Lipinski definition) is 0. The number of aldehydes is 1. The minimum absolute atomic E-state index is 0.252. The molecular formula is C16H21IN2O3. The molecule has 0 N–H and O–H groups in total. The molecule has 1 aliphatic heterocycles. The standard InChI is InChI=1S/C16H21IN2O3/c1-16(2,3)22-15(21)19-8-6-18(7-9-19)14-5-4-12(11-20)10-13(14)17/h4-5,10-11H,6-9H2,1-3H3. The van der Waals surface area contributed by atoms with Crippen molar-refractivity contribution in [1.82, 2.24) is 4.90 Å². The van der Waals surface area contributed by atoms with Gasteiger partial charge in [-0.1, -0.05) is 0 Å². The molecule has 1 aromatic carbocycles. The molecule has 0 radical (unpaired) electrons. The number of benzene rings is 1. The number of carbonyl (C=O) groups is 2. The van der Waals surface area contributed by atoms with Gasteiger partial charge < -0.3 is 14.5 Å². The molecule has 1 aliphatic rings. The zero-order chi connectivity index (χ0) is 16.3. The third-order valence-corrected chi connectivity index (χ3v) is 4.24. The van der Waals surface area contributed by atoms with Gasteiger partial charge in [0.1, 0.15) is 11.9 Å². The Kier molecular flexibility index (Phi) is 5.31. The van der Waals surface area contributed by atoms with Crippen molar-refractivity contribution in [1.29, 1.82) is 0 Å². The van der Waals surface area contributed by atoms with Gasteiger partial charge in [-0.05, 0) is 61.6 Å². The van der Waals surface area contributed by atoms with Gasteiger partial charge in [-0.15, -0.1) is 0 Å². The van der Waals surface area contributed by atoms with Crippen LogP contribution in [0.4, 0.5) is 10.5 Å². The molecule has 1 fully saturated rings. The van der Waals surface area contributed by atoms with Crippen molar-refractivity contribution in [3.05, 3.63) is 27.3 Å². The van der Waals surface area contributed by atoms with Crippen LogP contribution in [-0.2, 0) is 4.74 Å². The van der Waals surface area contributed by atoms with Crippen molar-refractivity contribution in [3.8, 4) is 0 Å². The summed E-state index contributed by atoms with van der Waals surface area (Å²) in [6, 6.07) is 5.67. The Balaban J connectivity index is 1.97. The normalized spacial score (nSPS) is 15.6. The number of amides is 1. The highest BCUT2D eigenvalue weighted by Gasteiger charge is 2.26. The summed E-state index contributed by atoms with van der Waals surface area (Å²) < 4.78 is 6.45. The van der Waals surface area contributed by atoms with Crippen molar-refractivity contribution >= 4 is 40.7 Å². The van der Waals surface area contributed by atoms with Gasteiger partial charge in [-0.2, -0.15) is 0 Å². The van der Waals surface area contributed by atoms with Crippen LogP contribution in [0.15, 0.2) is 18.2 Å². The molecule has 0 atom stereocenters. The quantitative estimate of drug-likeness (QED) is 0.549. The fourth-order valence-corrected chi connectivity index (χ4v) is 3.19. The monoisotopic (exact) mass is 416 g/mol. The Bertz CT molecular complexity index is 561. The number of halogens is 1. The van der Waals surface area contributed by atoms with Gasteiger partial charge in [0, 0.05) is 35.3 Å². The van der Waals surface area contributed by atoms with E-state index in [0.717, 1.165) is 28.6 Å². The molecule has 6 heteroatoms. The molecule has 22 heavy (non-hydrogen) atoms. The van der Waals surface area contributed by atoms with Crippen LogP contribution in [0.25, 0.3) is 0 Å². The summed E-state index contributed by atoms with van der Waals surface area (Å²) in [6.45, 7) is 8.42. The molecule has 120 valence electrons. The van der Waals surface area contributed by atoms with E-state index in [0.29, 0.717) is 18.7 Å². The van der Waals surface area contributed by atoms with Gasteiger partial charge >= 0.3 is 6.09 Å². The van der Waals surface area contributed by atoms with E-state index >= 15 is 0 Å². The third kappa shape index (κ3) is 4.34. The predicted molar refractivity (Wildman–Crippen MR) is 94.6 cm³/mol. The van der Waals surface area contributed by atoms with E-state index in [2.05, 4.69) is 27.5 Å². The maximum absolute atomic E-state index is 12.1. The largest absolute Gasteiger partial charge is 0.444 e. The van der Waals surface area contributed by atoms with Crippen molar-refractivity contribution in [2.24, 2.45) is 0 Å². The smallest absolute Gasteiger partial charge is 0.410 e. The van der Waals surface area contributed by atoms with Crippen molar-refractivity contribution in [2.45, 2.75) is 26.4 Å². The summed E-state index contributed by atoms with van der Waals surface area (Å²) in [7, 11) is 0. The first-order chi connectivity index (χ1) is 10.3. The Morgan fingerprint density at radius 1 is 1.23 bits per heavy atom. The van der Waals surface area contributed by atoms with Crippen LogP contribution in [-0.4, -0.2) is 49.1 Å². The van der Waals surface area contributed by atoms with Gasteiger partial charge in [0.05, 0.1) is 5.69 Å². The van der Waals surface area contributed by atoms with Gasteiger partial charge in [-0.25, -0.2) is 4.79 Å². The number of anilines is 1. The Morgan fingerprint density at radius 3 is 2.36 bits per heavy atom. The first kappa shape index (κ1) is 17.1. The lowest BCUT2D eigenvalue weighted by Crippen LogP contribution is -2.50. The van der Waals surface area contributed by atoms with Crippen LogP contribution in [0.1, 0.15) is 31.1 Å². The molecule has 0 unspecified atom stereocenters. The topological polar surface area (TPSA) is 49.9 Å². The molecule has 0 aromatic heterocycles. The van der Waals surface area contributed by atoms with Gasteiger partial charge in [0.25, 0.3) is 0 Å². The van der Waals surface area contributed by atoms with E-state index in [-0.39, 0.29) is 6.09 Å². The molecule has 2 rings (SSSR count). The molecule has 1 aromatic rings. The number of piperazine rings is 1. The lowest BCUT2D eigenvalue weighted by molar-refractivity contribution is 0.0240. The van der Waals surface area contributed by atoms with Crippen LogP contribution in [0.5, 0.6) is 0 Å². The molecule has 0 aliphatic carbocycles. The Morgan fingerprint density at radius 2 is 1.86 bits per heavy atom. The lowest BCUT2D eigenvalue weighted by Gasteiger charge is -2.37. The molecule has 1 amide bonds. The van der Waals surface area contributed by atoms with Crippen LogP contribution in [0, 0.1) is 3.57 Å². The molecular weight excluding hydrogens is 395 g/mol.